The van der Waals surface area contributed by atoms with Gasteiger partial charge in [0, 0.05) is 11.5 Å². The minimum atomic E-state index is -1.58. The van der Waals surface area contributed by atoms with Crippen molar-refractivity contribution < 1.29 is 28.2 Å². The van der Waals surface area contributed by atoms with Crippen molar-refractivity contribution in [3.8, 4) is 5.75 Å². The summed E-state index contributed by atoms with van der Waals surface area (Å²) in [6, 6.07) is 1.55. The van der Waals surface area contributed by atoms with Gasteiger partial charge in [0.25, 0.3) is 0 Å². The second kappa shape index (κ2) is 7.04. The minimum absolute atomic E-state index is 0.0685. The molecule has 0 aliphatic heterocycles. The fraction of sp³-hybridized carbons (Fsp3) is 0.667. The molecule has 3 saturated carbocycles. The van der Waals surface area contributed by atoms with E-state index in [0.29, 0.717) is 17.9 Å². The van der Waals surface area contributed by atoms with E-state index in [4.69, 9.17) is 9.47 Å². The lowest BCUT2D eigenvalue weighted by atomic mass is 9.80. The van der Waals surface area contributed by atoms with Gasteiger partial charge in [-0.15, -0.1) is 0 Å². The van der Waals surface area contributed by atoms with Gasteiger partial charge in [0.15, 0.2) is 11.6 Å². The highest BCUT2D eigenvalue weighted by atomic mass is 19.2. The predicted octanol–water partition coefficient (Wildman–Crippen LogP) is 3.53. The summed E-state index contributed by atoms with van der Waals surface area (Å²) in [5.74, 6) is -1.84. The molecule has 6 heteroatoms. The van der Waals surface area contributed by atoms with Crippen molar-refractivity contribution in [2.75, 3.05) is 0 Å². The van der Waals surface area contributed by atoms with E-state index in [1.165, 1.54) is 25.7 Å². The molecular weight excluding hydrogens is 354 g/mol. The van der Waals surface area contributed by atoms with Crippen LogP contribution in [0.4, 0.5) is 8.78 Å². The van der Waals surface area contributed by atoms with E-state index in [-0.39, 0.29) is 12.0 Å². The van der Waals surface area contributed by atoms with Gasteiger partial charge >= 0.3 is 0 Å². The molecule has 1 aromatic carbocycles. The maximum Gasteiger partial charge on any atom is 0.202 e. The first-order valence-corrected chi connectivity index (χ1v) is 9.87. The van der Waals surface area contributed by atoms with E-state index in [2.05, 4.69) is 0 Å². The molecule has 2 bridgehead atoms. The molecule has 3 aliphatic rings. The zero-order chi connectivity index (χ0) is 19.3. The Bertz CT molecular complexity index is 735. The highest BCUT2D eigenvalue weighted by molar-refractivity contribution is 5.86. The zero-order valence-corrected chi connectivity index (χ0v) is 15.6. The lowest BCUT2D eigenvalue weighted by molar-refractivity contribution is -0.255. The largest absolute Gasteiger partial charge is 0.545 e. The molecule has 0 amide bonds. The zero-order valence-electron chi connectivity index (χ0n) is 15.6. The standard InChI is InChI=1S/C21H26F2O4/c1-10(2)21(27-18-9-12(20(24)25)7-16(22)19(18)23)26-17-8-11-6-15(17)14-5-3-4-13(11)14/h7,9-11,13-15,17,21H,3-6,8H2,1-2H3,(H,24,25)/p-1. The van der Waals surface area contributed by atoms with Crippen LogP contribution < -0.4 is 9.84 Å². The number of carboxylic acids is 1. The van der Waals surface area contributed by atoms with E-state index in [0.717, 1.165) is 24.3 Å². The molecule has 0 spiro atoms. The first-order valence-electron chi connectivity index (χ1n) is 9.87. The third-order valence-corrected chi connectivity index (χ3v) is 6.69. The van der Waals surface area contributed by atoms with Crippen molar-refractivity contribution in [3.05, 3.63) is 29.3 Å². The van der Waals surface area contributed by atoms with Gasteiger partial charge in [0.05, 0.1) is 12.1 Å². The first kappa shape index (κ1) is 18.7. The van der Waals surface area contributed by atoms with Crippen LogP contribution in [-0.4, -0.2) is 18.4 Å². The number of carbonyl (C=O) groups excluding carboxylic acids is 1. The van der Waals surface area contributed by atoms with Crippen LogP contribution in [0.15, 0.2) is 12.1 Å². The molecule has 6 atom stereocenters. The van der Waals surface area contributed by atoms with Crippen molar-refractivity contribution in [3.63, 3.8) is 0 Å². The molecule has 148 valence electrons. The summed E-state index contributed by atoms with van der Waals surface area (Å²) in [5.41, 5.74) is -0.458. The van der Waals surface area contributed by atoms with Crippen LogP contribution in [-0.2, 0) is 4.74 Å². The number of hydrogen-bond donors (Lipinski definition) is 0. The van der Waals surface area contributed by atoms with E-state index in [1.54, 1.807) is 0 Å². The lowest BCUT2D eigenvalue weighted by Gasteiger charge is -2.35. The predicted molar refractivity (Wildman–Crippen MR) is 91.9 cm³/mol. The molecule has 0 radical (unpaired) electrons. The maximum absolute atomic E-state index is 14.1. The molecule has 4 nitrogen and oxygen atoms in total. The van der Waals surface area contributed by atoms with Gasteiger partial charge < -0.3 is 19.4 Å². The fourth-order valence-corrected chi connectivity index (χ4v) is 5.55. The molecule has 1 aromatic rings. The number of carboxylic acid groups (broad SMARTS) is 1. The Morgan fingerprint density at radius 1 is 1.15 bits per heavy atom. The molecule has 0 saturated heterocycles. The number of halogens is 2. The second-order valence-corrected chi connectivity index (χ2v) is 8.62. The third-order valence-electron chi connectivity index (χ3n) is 6.69. The Morgan fingerprint density at radius 3 is 2.59 bits per heavy atom. The van der Waals surface area contributed by atoms with Crippen molar-refractivity contribution in [2.45, 2.75) is 58.3 Å². The minimum Gasteiger partial charge on any atom is -0.545 e. The van der Waals surface area contributed by atoms with Crippen LogP contribution in [0, 0.1) is 41.2 Å². The quantitative estimate of drug-likeness (QED) is 0.710. The van der Waals surface area contributed by atoms with Gasteiger partial charge in [0.1, 0.15) is 0 Å². The molecule has 0 aromatic heterocycles. The Hall–Kier alpha value is -1.69. The average molecular weight is 379 g/mol. The number of benzene rings is 1. The van der Waals surface area contributed by atoms with Crippen molar-refractivity contribution >= 4 is 5.97 Å². The summed E-state index contributed by atoms with van der Waals surface area (Å²) in [4.78, 5) is 11.0. The van der Waals surface area contributed by atoms with Gasteiger partial charge in [-0.25, -0.2) is 4.39 Å². The topological polar surface area (TPSA) is 58.6 Å². The molecule has 6 unspecified atom stereocenters. The monoisotopic (exact) mass is 379 g/mol. The van der Waals surface area contributed by atoms with Crippen LogP contribution in [0.3, 0.4) is 0 Å². The first-order chi connectivity index (χ1) is 12.8. The van der Waals surface area contributed by atoms with Gasteiger partial charge in [-0.3, -0.25) is 0 Å². The maximum atomic E-state index is 14.1. The summed E-state index contributed by atoms with van der Waals surface area (Å²) in [5, 5.41) is 11.0. The van der Waals surface area contributed by atoms with Gasteiger partial charge in [-0.2, -0.15) is 4.39 Å². The van der Waals surface area contributed by atoms with Crippen LogP contribution in [0.25, 0.3) is 0 Å². The summed E-state index contributed by atoms with van der Waals surface area (Å²) in [7, 11) is 0. The molecule has 27 heavy (non-hydrogen) atoms. The fourth-order valence-electron chi connectivity index (χ4n) is 5.55. The number of fused-ring (bicyclic) bond motifs is 5. The lowest BCUT2D eigenvalue weighted by Crippen LogP contribution is -2.38. The highest BCUT2D eigenvalue weighted by Gasteiger charge is 2.54. The Labute approximate surface area is 157 Å². The van der Waals surface area contributed by atoms with Gasteiger partial charge in [-0.05, 0) is 61.5 Å². The van der Waals surface area contributed by atoms with Crippen molar-refractivity contribution in [1.82, 2.24) is 0 Å². The second-order valence-electron chi connectivity index (χ2n) is 8.62. The van der Waals surface area contributed by atoms with Gasteiger partial charge in [-0.1, -0.05) is 20.3 Å². The van der Waals surface area contributed by atoms with E-state index < -0.39 is 35.2 Å². The SMILES string of the molecule is CC(C)C(Oc1cc(C(=O)[O-])cc(F)c1F)OC1CC2CC1C1CCCC21. The van der Waals surface area contributed by atoms with E-state index in [9.17, 15) is 18.7 Å². The highest BCUT2D eigenvalue weighted by Crippen LogP contribution is 2.59. The average Bonchev–Trinajstić information content (AvgIpc) is 3.30. The van der Waals surface area contributed by atoms with Crippen LogP contribution in [0.1, 0.15) is 56.3 Å². The summed E-state index contributed by atoms with van der Waals surface area (Å²) in [6.07, 6.45) is 5.36. The third kappa shape index (κ3) is 3.33. The van der Waals surface area contributed by atoms with E-state index in [1.807, 2.05) is 13.8 Å². The number of carbonyl (C=O) groups is 1. The molecular formula is C21H25F2O4-. The van der Waals surface area contributed by atoms with Crippen molar-refractivity contribution in [1.29, 1.82) is 0 Å². The summed E-state index contributed by atoms with van der Waals surface area (Å²) >= 11 is 0. The van der Waals surface area contributed by atoms with Gasteiger partial charge in [0.2, 0.25) is 12.1 Å². The normalized spacial score (nSPS) is 32.7. The Kier molecular flexibility index (Phi) is 4.87. The summed E-state index contributed by atoms with van der Waals surface area (Å²) in [6.45, 7) is 3.76. The van der Waals surface area contributed by atoms with Crippen molar-refractivity contribution in [2.24, 2.45) is 29.6 Å². The smallest absolute Gasteiger partial charge is 0.202 e. The Morgan fingerprint density at radius 2 is 1.89 bits per heavy atom. The Balaban J connectivity index is 1.50. The molecule has 4 rings (SSSR count). The molecule has 3 fully saturated rings. The number of ether oxygens (including phenoxy) is 2. The van der Waals surface area contributed by atoms with E-state index >= 15 is 0 Å². The molecule has 3 aliphatic carbocycles. The number of rotatable bonds is 6. The summed E-state index contributed by atoms with van der Waals surface area (Å²) < 4.78 is 39.7. The molecule has 0 heterocycles. The van der Waals surface area contributed by atoms with Crippen LogP contribution >= 0.6 is 0 Å². The number of aromatic carboxylic acids is 1. The van der Waals surface area contributed by atoms with Crippen LogP contribution in [0.5, 0.6) is 5.75 Å². The molecule has 0 N–H and O–H groups in total. The number of hydrogen-bond acceptors (Lipinski definition) is 4. The van der Waals surface area contributed by atoms with Crippen LogP contribution in [0.2, 0.25) is 0 Å².